The van der Waals surface area contributed by atoms with Crippen molar-refractivity contribution in [1.29, 1.82) is 0 Å². The van der Waals surface area contributed by atoms with E-state index >= 15 is 0 Å². The van der Waals surface area contributed by atoms with Gasteiger partial charge in [0.15, 0.2) is 12.4 Å². The lowest BCUT2D eigenvalue weighted by atomic mass is 9.87. The molecule has 1 atom stereocenters. The Hall–Kier alpha value is -2.89. The van der Waals surface area contributed by atoms with Gasteiger partial charge in [0.1, 0.15) is 5.82 Å². The van der Waals surface area contributed by atoms with Gasteiger partial charge >= 0.3 is 0 Å². The quantitative estimate of drug-likeness (QED) is 0.893. The van der Waals surface area contributed by atoms with E-state index in [-0.39, 0.29) is 30.2 Å². The monoisotopic (exact) mass is 342 g/mol. The first kappa shape index (κ1) is 17.0. The number of amides is 2. The normalized spacial score (nSPS) is 14.3. The maximum Gasteiger partial charge on any atom is 0.262 e. The van der Waals surface area contributed by atoms with Gasteiger partial charge in [0, 0.05) is 0 Å². The Morgan fingerprint density at radius 1 is 1.20 bits per heavy atom. The Morgan fingerprint density at radius 2 is 1.92 bits per heavy atom. The minimum Gasteiger partial charge on any atom is -0.479 e. The minimum absolute atomic E-state index is 0.0191. The smallest absolute Gasteiger partial charge is 0.262 e. The van der Waals surface area contributed by atoms with Gasteiger partial charge in [0.2, 0.25) is 5.91 Å². The molecule has 130 valence electrons. The second-order valence-corrected chi connectivity index (χ2v) is 6.28. The molecule has 0 saturated heterocycles. The molecule has 0 radical (unpaired) electrons. The van der Waals surface area contributed by atoms with Crippen LogP contribution in [0.15, 0.2) is 42.5 Å². The van der Waals surface area contributed by atoms with E-state index in [1.165, 1.54) is 12.1 Å². The molecule has 2 aromatic carbocycles. The number of hydrogen-bond acceptors (Lipinski definition) is 3. The molecule has 0 aromatic heterocycles. The standard InChI is InChI=1S/C19H19FN2O3/c1-11(2)17(12-6-8-13(20)9-7-12)19(24)22-15-5-3-4-14-18(15)25-10-16(23)21-14/h3-9,11,17H,10H2,1-2H3,(H,21,23)(H,22,24). The van der Waals surface area contributed by atoms with Crippen molar-refractivity contribution in [1.82, 2.24) is 0 Å². The first-order valence-electron chi connectivity index (χ1n) is 8.07. The molecular weight excluding hydrogens is 323 g/mol. The largest absolute Gasteiger partial charge is 0.479 e. The fraction of sp³-hybridized carbons (Fsp3) is 0.263. The lowest BCUT2D eigenvalue weighted by Crippen LogP contribution is -2.28. The Morgan fingerprint density at radius 3 is 2.60 bits per heavy atom. The summed E-state index contributed by atoms with van der Waals surface area (Å²) in [6, 6.07) is 11.1. The highest BCUT2D eigenvalue weighted by atomic mass is 19.1. The molecule has 0 bridgehead atoms. The molecular formula is C19H19FN2O3. The van der Waals surface area contributed by atoms with E-state index in [0.29, 0.717) is 17.1 Å². The number of ether oxygens (including phenoxy) is 1. The number of carbonyl (C=O) groups excluding carboxylic acids is 2. The molecule has 2 aromatic rings. The molecule has 2 N–H and O–H groups in total. The molecule has 2 amide bonds. The summed E-state index contributed by atoms with van der Waals surface area (Å²) in [5.74, 6) is -0.761. The van der Waals surface area contributed by atoms with Gasteiger partial charge in [-0.3, -0.25) is 9.59 Å². The Balaban J connectivity index is 1.86. The van der Waals surface area contributed by atoms with Gasteiger partial charge in [0.05, 0.1) is 17.3 Å². The summed E-state index contributed by atoms with van der Waals surface area (Å²) in [5.41, 5.74) is 1.76. The van der Waals surface area contributed by atoms with Gasteiger partial charge in [-0.25, -0.2) is 4.39 Å². The average Bonchev–Trinajstić information content (AvgIpc) is 2.56. The summed E-state index contributed by atoms with van der Waals surface area (Å²) in [6.07, 6.45) is 0. The fourth-order valence-corrected chi connectivity index (χ4v) is 2.93. The summed E-state index contributed by atoms with van der Waals surface area (Å²) in [6.45, 7) is 3.78. The lowest BCUT2D eigenvalue weighted by molar-refractivity contribution is -0.119. The number of fused-ring (bicyclic) bond motifs is 1. The number of carbonyl (C=O) groups is 2. The van der Waals surface area contributed by atoms with Crippen molar-refractivity contribution < 1.29 is 18.7 Å². The predicted molar refractivity (Wildman–Crippen MR) is 93.2 cm³/mol. The average molecular weight is 342 g/mol. The summed E-state index contributed by atoms with van der Waals surface area (Å²) >= 11 is 0. The first-order chi connectivity index (χ1) is 12.0. The third-order valence-corrected chi connectivity index (χ3v) is 4.07. The molecule has 0 fully saturated rings. The zero-order valence-corrected chi connectivity index (χ0v) is 14.0. The molecule has 0 saturated carbocycles. The van der Waals surface area contributed by atoms with Crippen LogP contribution in [-0.2, 0) is 9.59 Å². The van der Waals surface area contributed by atoms with Crippen molar-refractivity contribution in [3.8, 4) is 5.75 Å². The van der Waals surface area contributed by atoms with Crippen LogP contribution >= 0.6 is 0 Å². The van der Waals surface area contributed by atoms with Gasteiger partial charge in [-0.15, -0.1) is 0 Å². The third-order valence-electron chi connectivity index (χ3n) is 4.07. The van der Waals surface area contributed by atoms with Gasteiger partial charge in [-0.05, 0) is 35.7 Å². The molecule has 3 rings (SSSR count). The van der Waals surface area contributed by atoms with Crippen molar-refractivity contribution >= 4 is 23.2 Å². The van der Waals surface area contributed by atoms with Crippen LogP contribution in [0.2, 0.25) is 0 Å². The van der Waals surface area contributed by atoms with Gasteiger partial charge in [-0.1, -0.05) is 32.0 Å². The van der Waals surface area contributed by atoms with E-state index in [9.17, 15) is 14.0 Å². The van der Waals surface area contributed by atoms with Crippen LogP contribution in [0.25, 0.3) is 0 Å². The number of para-hydroxylation sites is 1. The fourth-order valence-electron chi connectivity index (χ4n) is 2.93. The molecule has 0 spiro atoms. The molecule has 1 heterocycles. The van der Waals surface area contributed by atoms with E-state index in [0.717, 1.165) is 5.56 Å². The molecule has 6 heteroatoms. The molecule has 1 aliphatic rings. The SMILES string of the molecule is CC(C)C(C(=O)Nc1cccc2c1OCC(=O)N2)c1ccc(F)cc1. The van der Waals surface area contributed by atoms with E-state index in [1.54, 1.807) is 30.3 Å². The van der Waals surface area contributed by atoms with Crippen LogP contribution in [-0.4, -0.2) is 18.4 Å². The number of nitrogens with one attached hydrogen (secondary N) is 2. The van der Waals surface area contributed by atoms with Gasteiger partial charge in [-0.2, -0.15) is 0 Å². The molecule has 5 nitrogen and oxygen atoms in total. The summed E-state index contributed by atoms with van der Waals surface area (Å²) < 4.78 is 18.6. The number of rotatable bonds is 4. The number of benzene rings is 2. The maximum absolute atomic E-state index is 13.2. The van der Waals surface area contributed by atoms with E-state index < -0.39 is 5.92 Å². The molecule has 1 unspecified atom stereocenters. The highest BCUT2D eigenvalue weighted by Gasteiger charge is 2.26. The van der Waals surface area contributed by atoms with E-state index in [4.69, 9.17) is 4.74 Å². The van der Waals surface area contributed by atoms with E-state index in [1.807, 2.05) is 13.8 Å². The van der Waals surface area contributed by atoms with Crippen LogP contribution < -0.4 is 15.4 Å². The van der Waals surface area contributed by atoms with Crippen molar-refractivity contribution in [3.63, 3.8) is 0 Å². The summed E-state index contributed by atoms with van der Waals surface area (Å²) in [4.78, 5) is 24.3. The Labute approximate surface area is 145 Å². The maximum atomic E-state index is 13.2. The zero-order valence-electron chi connectivity index (χ0n) is 14.0. The van der Waals surface area contributed by atoms with Gasteiger partial charge in [0.25, 0.3) is 5.91 Å². The number of anilines is 2. The Kier molecular flexibility index (Phi) is 4.70. The van der Waals surface area contributed by atoms with Crippen molar-refractivity contribution in [3.05, 3.63) is 53.8 Å². The predicted octanol–water partition coefficient (Wildman–Crippen LogP) is 3.53. The first-order valence-corrected chi connectivity index (χ1v) is 8.07. The summed E-state index contributed by atoms with van der Waals surface area (Å²) in [5, 5.41) is 5.58. The molecule has 25 heavy (non-hydrogen) atoms. The van der Waals surface area contributed by atoms with Crippen LogP contribution in [0.5, 0.6) is 5.75 Å². The number of hydrogen-bond donors (Lipinski definition) is 2. The van der Waals surface area contributed by atoms with Crippen molar-refractivity contribution in [2.75, 3.05) is 17.2 Å². The van der Waals surface area contributed by atoms with Crippen LogP contribution in [0, 0.1) is 11.7 Å². The zero-order chi connectivity index (χ0) is 18.0. The Bertz CT molecular complexity index is 803. The number of halogens is 1. The second kappa shape index (κ2) is 6.93. The van der Waals surface area contributed by atoms with Crippen molar-refractivity contribution in [2.45, 2.75) is 19.8 Å². The van der Waals surface area contributed by atoms with E-state index in [2.05, 4.69) is 10.6 Å². The minimum atomic E-state index is -0.436. The van der Waals surface area contributed by atoms with Crippen molar-refractivity contribution in [2.24, 2.45) is 5.92 Å². The molecule has 0 aliphatic carbocycles. The van der Waals surface area contributed by atoms with Crippen LogP contribution in [0.4, 0.5) is 15.8 Å². The van der Waals surface area contributed by atoms with Crippen LogP contribution in [0.1, 0.15) is 25.3 Å². The second-order valence-electron chi connectivity index (χ2n) is 6.28. The summed E-state index contributed by atoms with van der Waals surface area (Å²) in [7, 11) is 0. The topological polar surface area (TPSA) is 67.4 Å². The van der Waals surface area contributed by atoms with Gasteiger partial charge < -0.3 is 15.4 Å². The highest BCUT2D eigenvalue weighted by molar-refractivity contribution is 6.01. The van der Waals surface area contributed by atoms with Crippen LogP contribution in [0.3, 0.4) is 0 Å². The highest BCUT2D eigenvalue weighted by Crippen LogP contribution is 2.36. The molecule has 1 aliphatic heterocycles. The lowest BCUT2D eigenvalue weighted by Gasteiger charge is -2.24. The third kappa shape index (κ3) is 3.63.